The predicted octanol–water partition coefficient (Wildman–Crippen LogP) is 1.09. The minimum Gasteiger partial charge on any atom is -0.357 e. The first-order chi connectivity index (χ1) is 5.86. The second-order valence-electron chi connectivity index (χ2n) is 3.06. The highest BCUT2D eigenvalue weighted by atomic mass is 16.5. The van der Waals surface area contributed by atoms with Crippen LogP contribution in [0.5, 0.6) is 0 Å². The van der Waals surface area contributed by atoms with Crippen LogP contribution in [-0.4, -0.2) is 17.6 Å². The van der Waals surface area contributed by atoms with Crippen molar-refractivity contribution in [3.05, 3.63) is 30.1 Å². The van der Waals surface area contributed by atoms with Crippen LogP contribution in [0.2, 0.25) is 0 Å². The van der Waals surface area contributed by atoms with Crippen molar-refractivity contribution in [2.75, 3.05) is 6.61 Å². The summed E-state index contributed by atoms with van der Waals surface area (Å²) in [5.74, 6) is 0. The van der Waals surface area contributed by atoms with E-state index in [1.807, 2.05) is 12.1 Å². The molecule has 1 aliphatic rings. The lowest BCUT2D eigenvalue weighted by Crippen LogP contribution is -2.22. The van der Waals surface area contributed by atoms with Crippen molar-refractivity contribution in [2.45, 2.75) is 19.2 Å². The Morgan fingerprint density at radius 2 is 2.25 bits per heavy atom. The third kappa shape index (κ3) is 1.47. The van der Waals surface area contributed by atoms with E-state index >= 15 is 0 Å². The Morgan fingerprint density at radius 1 is 1.50 bits per heavy atom. The normalized spacial score (nSPS) is 29.1. The molecular formula is C9H12N2O. The maximum atomic E-state index is 5.51. The van der Waals surface area contributed by atoms with Crippen LogP contribution in [0.15, 0.2) is 24.5 Å². The Morgan fingerprint density at radius 3 is 2.83 bits per heavy atom. The molecule has 1 N–H and O–H groups in total. The topological polar surface area (TPSA) is 34.1 Å². The SMILES string of the molecule is CC1COC(c2ccncc2)N1. The molecule has 1 fully saturated rings. The number of hydrogen-bond donors (Lipinski definition) is 1. The van der Waals surface area contributed by atoms with E-state index in [0.717, 1.165) is 12.2 Å². The highest BCUT2D eigenvalue weighted by Gasteiger charge is 2.21. The maximum absolute atomic E-state index is 5.51. The van der Waals surface area contributed by atoms with Crippen molar-refractivity contribution >= 4 is 0 Å². The summed E-state index contributed by atoms with van der Waals surface area (Å²) in [6.45, 7) is 2.90. The Balaban J connectivity index is 2.11. The van der Waals surface area contributed by atoms with Crippen molar-refractivity contribution in [3.8, 4) is 0 Å². The zero-order chi connectivity index (χ0) is 8.39. The Kier molecular flexibility index (Phi) is 2.06. The van der Waals surface area contributed by atoms with Crippen LogP contribution in [0.4, 0.5) is 0 Å². The Labute approximate surface area is 71.8 Å². The second kappa shape index (κ2) is 3.21. The fraction of sp³-hybridized carbons (Fsp3) is 0.444. The van der Waals surface area contributed by atoms with E-state index in [0.29, 0.717) is 6.04 Å². The van der Waals surface area contributed by atoms with Gasteiger partial charge in [0.2, 0.25) is 0 Å². The number of rotatable bonds is 1. The molecule has 0 aromatic carbocycles. The molecule has 1 aliphatic heterocycles. The summed E-state index contributed by atoms with van der Waals surface area (Å²) in [4.78, 5) is 3.95. The summed E-state index contributed by atoms with van der Waals surface area (Å²) < 4.78 is 5.51. The minimum absolute atomic E-state index is 0.0583. The van der Waals surface area contributed by atoms with Crippen LogP contribution < -0.4 is 5.32 Å². The van der Waals surface area contributed by atoms with Crippen LogP contribution in [0, 0.1) is 0 Å². The Hall–Kier alpha value is -0.930. The van der Waals surface area contributed by atoms with Gasteiger partial charge in [-0.3, -0.25) is 10.3 Å². The smallest absolute Gasteiger partial charge is 0.134 e. The van der Waals surface area contributed by atoms with Gasteiger partial charge < -0.3 is 4.74 Å². The highest BCUT2D eigenvalue weighted by Crippen LogP contribution is 2.18. The van der Waals surface area contributed by atoms with Crippen molar-refractivity contribution in [1.82, 2.24) is 10.3 Å². The molecular weight excluding hydrogens is 152 g/mol. The van der Waals surface area contributed by atoms with Crippen LogP contribution in [0.3, 0.4) is 0 Å². The molecule has 1 saturated heterocycles. The number of hydrogen-bond acceptors (Lipinski definition) is 3. The predicted molar refractivity (Wildman–Crippen MR) is 45.5 cm³/mol. The van der Waals surface area contributed by atoms with Crippen molar-refractivity contribution in [3.63, 3.8) is 0 Å². The summed E-state index contributed by atoms with van der Waals surface area (Å²) in [6, 6.07) is 4.38. The number of ether oxygens (including phenoxy) is 1. The van der Waals surface area contributed by atoms with E-state index in [1.165, 1.54) is 0 Å². The molecule has 1 aromatic rings. The van der Waals surface area contributed by atoms with Gasteiger partial charge in [-0.15, -0.1) is 0 Å². The zero-order valence-electron chi connectivity index (χ0n) is 7.03. The average molecular weight is 164 g/mol. The van der Waals surface area contributed by atoms with E-state index in [4.69, 9.17) is 4.74 Å². The lowest BCUT2D eigenvalue weighted by Gasteiger charge is -2.09. The third-order valence-electron chi connectivity index (χ3n) is 1.96. The molecule has 64 valence electrons. The summed E-state index contributed by atoms with van der Waals surface area (Å²) in [5, 5.41) is 3.32. The van der Waals surface area contributed by atoms with E-state index < -0.39 is 0 Å². The van der Waals surface area contributed by atoms with E-state index in [2.05, 4.69) is 17.2 Å². The minimum atomic E-state index is 0.0583. The average Bonchev–Trinajstić information content (AvgIpc) is 2.54. The first-order valence-corrected chi connectivity index (χ1v) is 4.14. The largest absolute Gasteiger partial charge is 0.357 e. The molecule has 0 aliphatic carbocycles. The van der Waals surface area contributed by atoms with Gasteiger partial charge in [0.1, 0.15) is 6.23 Å². The molecule has 3 nitrogen and oxygen atoms in total. The molecule has 0 radical (unpaired) electrons. The van der Waals surface area contributed by atoms with Crippen LogP contribution in [-0.2, 0) is 4.74 Å². The van der Waals surface area contributed by atoms with E-state index in [-0.39, 0.29) is 6.23 Å². The van der Waals surface area contributed by atoms with Gasteiger partial charge in [-0.2, -0.15) is 0 Å². The molecule has 2 rings (SSSR count). The van der Waals surface area contributed by atoms with Gasteiger partial charge in [0.05, 0.1) is 6.61 Å². The molecule has 12 heavy (non-hydrogen) atoms. The molecule has 0 bridgehead atoms. The molecule has 0 spiro atoms. The number of nitrogens with one attached hydrogen (secondary N) is 1. The molecule has 3 heteroatoms. The molecule has 1 aromatic heterocycles. The first-order valence-electron chi connectivity index (χ1n) is 4.14. The number of pyridine rings is 1. The number of nitrogens with zero attached hydrogens (tertiary/aromatic N) is 1. The van der Waals surface area contributed by atoms with E-state index in [1.54, 1.807) is 12.4 Å². The quantitative estimate of drug-likeness (QED) is 0.674. The molecule has 0 amide bonds. The molecule has 0 saturated carbocycles. The van der Waals surface area contributed by atoms with E-state index in [9.17, 15) is 0 Å². The fourth-order valence-electron chi connectivity index (χ4n) is 1.33. The summed E-state index contributed by atoms with van der Waals surface area (Å²) in [5.41, 5.74) is 1.15. The first kappa shape index (κ1) is 7.71. The van der Waals surface area contributed by atoms with Gasteiger partial charge in [0.15, 0.2) is 0 Å². The summed E-state index contributed by atoms with van der Waals surface area (Å²) in [6.07, 6.45) is 3.62. The van der Waals surface area contributed by atoms with Gasteiger partial charge in [0.25, 0.3) is 0 Å². The van der Waals surface area contributed by atoms with Crippen molar-refractivity contribution in [2.24, 2.45) is 0 Å². The van der Waals surface area contributed by atoms with Gasteiger partial charge in [-0.1, -0.05) is 0 Å². The van der Waals surface area contributed by atoms with Crippen LogP contribution in [0.25, 0.3) is 0 Å². The standard InChI is InChI=1S/C9H12N2O/c1-7-6-12-9(11-7)8-2-4-10-5-3-8/h2-5,7,9,11H,6H2,1H3. The van der Waals surface area contributed by atoms with Gasteiger partial charge in [-0.05, 0) is 24.6 Å². The molecule has 2 heterocycles. The van der Waals surface area contributed by atoms with Crippen LogP contribution in [0.1, 0.15) is 18.7 Å². The lowest BCUT2D eigenvalue weighted by molar-refractivity contribution is 0.101. The zero-order valence-corrected chi connectivity index (χ0v) is 7.03. The summed E-state index contributed by atoms with van der Waals surface area (Å²) >= 11 is 0. The number of aromatic nitrogens is 1. The van der Waals surface area contributed by atoms with Crippen molar-refractivity contribution in [1.29, 1.82) is 0 Å². The van der Waals surface area contributed by atoms with Gasteiger partial charge in [-0.25, -0.2) is 0 Å². The Bertz CT molecular complexity index is 250. The monoisotopic (exact) mass is 164 g/mol. The van der Waals surface area contributed by atoms with Crippen molar-refractivity contribution < 1.29 is 4.74 Å². The molecule has 2 unspecified atom stereocenters. The fourth-order valence-corrected chi connectivity index (χ4v) is 1.33. The van der Waals surface area contributed by atoms with Crippen LogP contribution >= 0.6 is 0 Å². The highest BCUT2D eigenvalue weighted by molar-refractivity contribution is 5.13. The second-order valence-corrected chi connectivity index (χ2v) is 3.06. The van der Waals surface area contributed by atoms with Gasteiger partial charge >= 0.3 is 0 Å². The third-order valence-corrected chi connectivity index (χ3v) is 1.96. The van der Waals surface area contributed by atoms with Gasteiger partial charge in [0, 0.05) is 18.4 Å². The maximum Gasteiger partial charge on any atom is 0.134 e. The summed E-state index contributed by atoms with van der Waals surface area (Å²) in [7, 11) is 0. The molecule has 2 atom stereocenters. The lowest BCUT2D eigenvalue weighted by atomic mass is 10.2.